The number of anilines is 1. The molecule has 0 aliphatic carbocycles. The van der Waals surface area contributed by atoms with E-state index in [9.17, 15) is 14.0 Å². The molecule has 0 spiro atoms. The van der Waals surface area contributed by atoms with Gasteiger partial charge in [-0.25, -0.2) is 9.37 Å². The highest BCUT2D eigenvalue weighted by atomic mass is 19.1. The molecular formula is C21H24FN3O4. The third-order valence-corrected chi connectivity index (χ3v) is 4.80. The Morgan fingerprint density at radius 3 is 2.59 bits per heavy atom. The van der Waals surface area contributed by atoms with Crippen molar-refractivity contribution in [3.05, 3.63) is 54.0 Å². The summed E-state index contributed by atoms with van der Waals surface area (Å²) in [5.41, 5.74) is 0.959. The fraction of sp³-hybridized carbons (Fsp3) is 0.381. The highest BCUT2D eigenvalue weighted by molar-refractivity contribution is 5.95. The number of aromatic nitrogens is 1. The van der Waals surface area contributed by atoms with Gasteiger partial charge in [-0.15, -0.1) is 0 Å². The highest BCUT2D eigenvalue weighted by Gasteiger charge is 2.28. The average molecular weight is 401 g/mol. The molecule has 29 heavy (non-hydrogen) atoms. The molecule has 1 aromatic heterocycles. The fourth-order valence-electron chi connectivity index (χ4n) is 3.18. The van der Waals surface area contributed by atoms with Crippen LogP contribution in [0.3, 0.4) is 0 Å². The van der Waals surface area contributed by atoms with E-state index in [4.69, 9.17) is 9.47 Å². The number of carbonyl (C=O) groups is 2. The molecule has 0 unspecified atom stereocenters. The van der Waals surface area contributed by atoms with E-state index in [-0.39, 0.29) is 23.5 Å². The minimum atomic E-state index is -0.377. The summed E-state index contributed by atoms with van der Waals surface area (Å²) in [6, 6.07) is 8.96. The summed E-state index contributed by atoms with van der Waals surface area (Å²) in [7, 11) is 1.58. The van der Waals surface area contributed by atoms with Crippen LogP contribution in [0.25, 0.3) is 0 Å². The molecule has 154 valence electrons. The van der Waals surface area contributed by atoms with Gasteiger partial charge in [0, 0.05) is 37.9 Å². The molecule has 1 aromatic carbocycles. The van der Waals surface area contributed by atoms with E-state index in [0.29, 0.717) is 56.3 Å². The topological polar surface area (TPSA) is 80.8 Å². The molecule has 2 heterocycles. The van der Waals surface area contributed by atoms with Crippen molar-refractivity contribution in [2.24, 2.45) is 5.92 Å². The Morgan fingerprint density at radius 1 is 1.17 bits per heavy atom. The second-order valence-electron chi connectivity index (χ2n) is 6.76. The van der Waals surface area contributed by atoms with Crippen LogP contribution in [0.15, 0.2) is 42.6 Å². The first-order valence-corrected chi connectivity index (χ1v) is 9.51. The Labute approximate surface area is 168 Å². The van der Waals surface area contributed by atoms with Gasteiger partial charge >= 0.3 is 0 Å². The number of benzene rings is 1. The molecule has 1 fully saturated rings. The van der Waals surface area contributed by atoms with Gasteiger partial charge in [-0.1, -0.05) is 0 Å². The molecule has 0 atom stereocenters. The number of piperidine rings is 1. The van der Waals surface area contributed by atoms with Crippen molar-refractivity contribution < 1.29 is 23.5 Å². The number of likely N-dealkylation sites (tertiary alicyclic amines) is 1. The summed E-state index contributed by atoms with van der Waals surface area (Å²) in [5.74, 6) is -0.507. The van der Waals surface area contributed by atoms with Gasteiger partial charge in [0.05, 0.1) is 6.61 Å². The Hall–Kier alpha value is -3.00. The van der Waals surface area contributed by atoms with Crippen molar-refractivity contribution in [2.45, 2.75) is 12.8 Å². The Morgan fingerprint density at radius 2 is 1.90 bits per heavy atom. The summed E-state index contributed by atoms with van der Waals surface area (Å²) in [6.07, 6.45) is 2.70. The Kier molecular flexibility index (Phi) is 7.13. The third kappa shape index (κ3) is 5.51. The lowest BCUT2D eigenvalue weighted by Gasteiger charge is -2.31. The molecule has 1 N–H and O–H groups in total. The summed E-state index contributed by atoms with van der Waals surface area (Å²) in [5, 5.41) is 2.88. The standard InChI is InChI=1S/C21H24FN3O4/c1-28-13-14-29-20-18(3-2-10-23-20)24-19(26)15-8-11-25(12-9-15)21(27)16-4-6-17(22)7-5-16/h2-7,10,15H,8-9,11-14H2,1H3,(H,24,26). The van der Waals surface area contributed by atoms with Crippen LogP contribution in [0.5, 0.6) is 5.88 Å². The summed E-state index contributed by atoms with van der Waals surface area (Å²) < 4.78 is 23.5. The van der Waals surface area contributed by atoms with Crippen molar-refractivity contribution >= 4 is 17.5 Å². The second-order valence-corrected chi connectivity index (χ2v) is 6.76. The lowest BCUT2D eigenvalue weighted by molar-refractivity contribution is -0.121. The lowest BCUT2D eigenvalue weighted by Crippen LogP contribution is -2.41. The number of amides is 2. The van der Waals surface area contributed by atoms with Gasteiger partial charge in [0.25, 0.3) is 5.91 Å². The molecule has 1 aliphatic rings. The van der Waals surface area contributed by atoms with Crippen LogP contribution in [0, 0.1) is 11.7 Å². The molecule has 2 aromatic rings. The van der Waals surface area contributed by atoms with Crippen LogP contribution in [0.1, 0.15) is 23.2 Å². The van der Waals surface area contributed by atoms with E-state index < -0.39 is 0 Å². The molecule has 7 nitrogen and oxygen atoms in total. The molecule has 0 bridgehead atoms. The average Bonchev–Trinajstić information content (AvgIpc) is 2.75. The van der Waals surface area contributed by atoms with Crippen molar-refractivity contribution in [1.29, 1.82) is 0 Å². The van der Waals surface area contributed by atoms with Gasteiger partial charge in [0.2, 0.25) is 11.8 Å². The first kappa shape index (κ1) is 20.7. The molecule has 8 heteroatoms. The fourth-order valence-corrected chi connectivity index (χ4v) is 3.18. The number of hydrogen-bond acceptors (Lipinski definition) is 5. The molecular weight excluding hydrogens is 377 g/mol. The van der Waals surface area contributed by atoms with E-state index in [1.807, 2.05) is 0 Å². The summed E-state index contributed by atoms with van der Waals surface area (Å²) in [6.45, 7) is 1.70. The first-order chi connectivity index (χ1) is 14.1. The van der Waals surface area contributed by atoms with Crippen molar-refractivity contribution in [1.82, 2.24) is 9.88 Å². The Bertz CT molecular complexity index is 836. The van der Waals surface area contributed by atoms with Gasteiger partial charge < -0.3 is 19.7 Å². The van der Waals surface area contributed by atoms with Crippen LogP contribution < -0.4 is 10.1 Å². The van der Waals surface area contributed by atoms with E-state index in [1.165, 1.54) is 24.3 Å². The largest absolute Gasteiger partial charge is 0.474 e. The second kappa shape index (κ2) is 9.97. The molecule has 3 rings (SSSR count). The molecule has 2 amide bonds. The van der Waals surface area contributed by atoms with Crippen molar-refractivity contribution in [3.63, 3.8) is 0 Å². The normalized spacial score (nSPS) is 14.5. The van der Waals surface area contributed by atoms with E-state index in [0.717, 1.165) is 0 Å². The number of carbonyl (C=O) groups excluding carboxylic acids is 2. The van der Waals surface area contributed by atoms with Gasteiger partial charge in [0.1, 0.15) is 18.1 Å². The smallest absolute Gasteiger partial charge is 0.253 e. The SMILES string of the molecule is COCCOc1ncccc1NC(=O)C1CCN(C(=O)c2ccc(F)cc2)CC1. The van der Waals surface area contributed by atoms with Gasteiger partial charge in [-0.05, 0) is 49.2 Å². The predicted molar refractivity (Wildman–Crippen MR) is 105 cm³/mol. The van der Waals surface area contributed by atoms with E-state index in [1.54, 1.807) is 30.3 Å². The quantitative estimate of drug-likeness (QED) is 0.722. The molecule has 0 saturated carbocycles. The highest BCUT2D eigenvalue weighted by Crippen LogP contribution is 2.25. The van der Waals surface area contributed by atoms with Gasteiger partial charge in [-0.3, -0.25) is 9.59 Å². The number of hydrogen-bond donors (Lipinski definition) is 1. The molecule has 0 radical (unpaired) electrons. The maximum absolute atomic E-state index is 13.0. The van der Waals surface area contributed by atoms with Gasteiger partial charge in [0.15, 0.2) is 0 Å². The van der Waals surface area contributed by atoms with Crippen molar-refractivity contribution in [2.75, 3.05) is 38.7 Å². The number of nitrogens with zero attached hydrogens (tertiary/aromatic N) is 2. The number of nitrogens with one attached hydrogen (secondary N) is 1. The zero-order valence-corrected chi connectivity index (χ0v) is 16.3. The molecule has 1 aliphatic heterocycles. The zero-order valence-electron chi connectivity index (χ0n) is 16.3. The number of ether oxygens (including phenoxy) is 2. The minimum absolute atomic E-state index is 0.122. The lowest BCUT2D eigenvalue weighted by atomic mass is 9.95. The number of pyridine rings is 1. The van der Waals surface area contributed by atoms with Crippen molar-refractivity contribution in [3.8, 4) is 5.88 Å². The van der Waals surface area contributed by atoms with E-state index in [2.05, 4.69) is 10.3 Å². The Balaban J connectivity index is 1.54. The third-order valence-electron chi connectivity index (χ3n) is 4.80. The zero-order chi connectivity index (χ0) is 20.6. The number of halogens is 1. The summed E-state index contributed by atoms with van der Waals surface area (Å²) in [4.78, 5) is 31.0. The number of rotatable bonds is 7. The summed E-state index contributed by atoms with van der Waals surface area (Å²) >= 11 is 0. The predicted octanol–water partition coefficient (Wildman–Crippen LogP) is 2.74. The van der Waals surface area contributed by atoms with Crippen LogP contribution in [0.4, 0.5) is 10.1 Å². The van der Waals surface area contributed by atoms with E-state index >= 15 is 0 Å². The maximum atomic E-state index is 13.0. The number of methoxy groups -OCH3 is 1. The van der Waals surface area contributed by atoms with Crippen LogP contribution in [-0.4, -0.2) is 55.1 Å². The maximum Gasteiger partial charge on any atom is 0.253 e. The van der Waals surface area contributed by atoms with Gasteiger partial charge in [-0.2, -0.15) is 0 Å². The first-order valence-electron chi connectivity index (χ1n) is 9.51. The monoisotopic (exact) mass is 401 g/mol. The minimum Gasteiger partial charge on any atom is -0.474 e. The van der Waals surface area contributed by atoms with Crippen LogP contribution >= 0.6 is 0 Å². The van der Waals surface area contributed by atoms with Crippen LogP contribution in [-0.2, 0) is 9.53 Å². The van der Waals surface area contributed by atoms with Crippen LogP contribution in [0.2, 0.25) is 0 Å². The molecule has 1 saturated heterocycles.